The van der Waals surface area contributed by atoms with Crippen molar-refractivity contribution >= 4 is 15.9 Å². The van der Waals surface area contributed by atoms with Crippen molar-refractivity contribution in [2.75, 3.05) is 0 Å². The summed E-state index contributed by atoms with van der Waals surface area (Å²) in [5.74, 6) is -0.980. The zero-order valence-electron chi connectivity index (χ0n) is 9.62. The zero-order valence-corrected chi connectivity index (χ0v) is 11.2. The summed E-state index contributed by atoms with van der Waals surface area (Å²) in [4.78, 5) is 0. The third kappa shape index (κ3) is 2.60. The van der Waals surface area contributed by atoms with Crippen LogP contribution in [0, 0.1) is 18.6 Å². The normalized spacial score (nSPS) is 12.5. The highest BCUT2D eigenvalue weighted by Gasteiger charge is 2.17. The molecule has 0 heterocycles. The van der Waals surface area contributed by atoms with Gasteiger partial charge in [0.1, 0.15) is 17.7 Å². The van der Waals surface area contributed by atoms with Crippen LogP contribution in [0.2, 0.25) is 0 Å². The Labute approximate surface area is 112 Å². The zero-order chi connectivity index (χ0) is 13.3. The molecule has 0 aromatic heterocycles. The van der Waals surface area contributed by atoms with Crippen LogP contribution < -0.4 is 0 Å². The van der Waals surface area contributed by atoms with E-state index < -0.39 is 17.7 Å². The first-order chi connectivity index (χ1) is 8.49. The quantitative estimate of drug-likeness (QED) is 0.884. The van der Waals surface area contributed by atoms with Gasteiger partial charge in [0.15, 0.2) is 0 Å². The standard InChI is InChI=1S/C14H11BrF2O/c1-8-5-9(7-10(16)6-8)14(18)11-3-2-4-12(15)13(11)17/h2-7,14,18H,1H3. The van der Waals surface area contributed by atoms with Crippen molar-refractivity contribution in [1.82, 2.24) is 0 Å². The van der Waals surface area contributed by atoms with Crippen LogP contribution in [0.5, 0.6) is 0 Å². The molecule has 0 radical (unpaired) electrons. The van der Waals surface area contributed by atoms with Crippen molar-refractivity contribution in [3.8, 4) is 0 Å². The summed E-state index contributed by atoms with van der Waals surface area (Å²) in [5.41, 5.74) is 1.14. The molecule has 0 amide bonds. The first-order valence-electron chi connectivity index (χ1n) is 5.38. The van der Waals surface area contributed by atoms with Crippen molar-refractivity contribution in [1.29, 1.82) is 0 Å². The van der Waals surface area contributed by atoms with Crippen LogP contribution in [0.4, 0.5) is 8.78 Å². The van der Waals surface area contributed by atoms with E-state index in [4.69, 9.17) is 0 Å². The van der Waals surface area contributed by atoms with Gasteiger partial charge >= 0.3 is 0 Å². The van der Waals surface area contributed by atoms with Gasteiger partial charge in [-0.1, -0.05) is 18.2 Å². The number of hydrogen-bond donors (Lipinski definition) is 1. The smallest absolute Gasteiger partial charge is 0.143 e. The molecule has 0 aliphatic rings. The van der Waals surface area contributed by atoms with E-state index in [-0.39, 0.29) is 10.0 Å². The van der Waals surface area contributed by atoms with Gasteiger partial charge in [0.2, 0.25) is 0 Å². The molecule has 4 heteroatoms. The maximum absolute atomic E-state index is 13.8. The van der Waals surface area contributed by atoms with Crippen LogP contribution in [0.1, 0.15) is 22.8 Å². The van der Waals surface area contributed by atoms with Gasteiger partial charge in [0.25, 0.3) is 0 Å². The monoisotopic (exact) mass is 312 g/mol. The molecule has 1 unspecified atom stereocenters. The van der Waals surface area contributed by atoms with Gasteiger partial charge in [-0.2, -0.15) is 0 Å². The third-order valence-corrected chi connectivity index (χ3v) is 3.27. The highest BCUT2D eigenvalue weighted by Crippen LogP contribution is 2.29. The minimum absolute atomic E-state index is 0.120. The number of rotatable bonds is 2. The molecular weight excluding hydrogens is 302 g/mol. The lowest BCUT2D eigenvalue weighted by molar-refractivity contribution is 0.214. The summed E-state index contributed by atoms with van der Waals surface area (Å²) in [6, 6.07) is 8.84. The second-order valence-corrected chi connectivity index (χ2v) is 4.96. The maximum atomic E-state index is 13.8. The molecule has 1 atom stereocenters. The van der Waals surface area contributed by atoms with E-state index in [2.05, 4.69) is 15.9 Å². The van der Waals surface area contributed by atoms with Gasteiger partial charge < -0.3 is 5.11 Å². The predicted molar refractivity (Wildman–Crippen MR) is 69.3 cm³/mol. The maximum Gasteiger partial charge on any atom is 0.143 e. The molecule has 0 fully saturated rings. The fourth-order valence-corrected chi connectivity index (χ4v) is 2.22. The SMILES string of the molecule is Cc1cc(F)cc(C(O)c2cccc(Br)c2F)c1. The number of halogens is 3. The van der Waals surface area contributed by atoms with Gasteiger partial charge in [-0.05, 0) is 52.2 Å². The third-order valence-electron chi connectivity index (χ3n) is 2.66. The molecule has 0 saturated carbocycles. The van der Waals surface area contributed by atoms with Gasteiger partial charge in [-0.3, -0.25) is 0 Å². The largest absolute Gasteiger partial charge is 0.384 e. The molecule has 0 spiro atoms. The average Bonchev–Trinajstić information content (AvgIpc) is 2.30. The molecule has 2 rings (SSSR count). The van der Waals surface area contributed by atoms with Crippen LogP contribution >= 0.6 is 15.9 Å². The van der Waals surface area contributed by atoms with Crippen LogP contribution in [0.15, 0.2) is 40.9 Å². The van der Waals surface area contributed by atoms with Crippen molar-refractivity contribution < 1.29 is 13.9 Å². The molecule has 2 aromatic carbocycles. The number of hydrogen-bond acceptors (Lipinski definition) is 1. The average molecular weight is 313 g/mol. The second-order valence-electron chi connectivity index (χ2n) is 4.11. The summed E-state index contributed by atoms with van der Waals surface area (Å²) in [7, 11) is 0. The molecular formula is C14H11BrF2O. The van der Waals surface area contributed by atoms with E-state index in [0.717, 1.165) is 0 Å². The van der Waals surface area contributed by atoms with Crippen LogP contribution in [-0.2, 0) is 0 Å². The molecule has 1 nitrogen and oxygen atoms in total. The topological polar surface area (TPSA) is 20.2 Å². The molecule has 0 aliphatic carbocycles. The first-order valence-corrected chi connectivity index (χ1v) is 6.17. The number of aliphatic hydroxyl groups is 1. The summed E-state index contributed by atoms with van der Waals surface area (Å²) in [6.07, 6.45) is -1.18. The molecule has 1 N–H and O–H groups in total. The van der Waals surface area contributed by atoms with E-state index in [1.165, 1.54) is 18.2 Å². The second kappa shape index (κ2) is 5.16. The van der Waals surface area contributed by atoms with Gasteiger partial charge in [-0.15, -0.1) is 0 Å². The van der Waals surface area contributed by atoms with E-state index in [0.29, 0.717) is 11.1 Å². The van der Waals surface area contributed by atoms with Crippen molar-refractivity contribution in [2.24, 2.45) is 0 Å². The lowest BCUT2D eigenvalue weighted by atomic mass is 9.99. The minimum Gasteiger partial charge on any atom is -0.384 e. The molecule has 0 saturated heterocycles. The van der Waals surface area contributed by atoms with Crippen molar-refractivity contribution in [2.45, 2.75) is 13.0 Å². The Kier molecular flexibility index (Phi) is 3.78. The summed E-state index contributed by atoms with van der Waals surface area (Å²) in [6.45, 7) is 1.72. The minimum atomic E-state index is -1.18. The van der Waals surface area contributed by atoms with Gasteiger partial charge in [0.05, 0.1) is 4.47 Å². The number of aliphatic hydroxyl groups excluding tert-OH is 1. The van der Waals surface area contributed by atoms with E-state index in [1.807, 2.05) is 0 Å². The highest BCUT2D eigenvalue weighted by molar-refractivity contribution is 9.10. The van der Waals surface area contributed by atoms with Crippen LogP contribution in [0.3, 0.4) is 0 Å². The van der Waals surface area contributed by atoms with E-state index in [1.54, 1.807) is 25.1 Å². The van der Waals surface area contributed by atoms with Crippen LogP contribution in [-0.4, -0.2) is 5.11 Å². The predicted octanol–water partition coefficient (Wildman–Crippen LogP) is 4.12. The van der Waals surface area contributed by atoms with Gasteiger partial charge in [0, 0.05) is 5.56 Å². The summed E-state index contributed by atoms with van der Waals surface area (Å²) < 4.78 is 27.4. The summed E-state index contributed by atoms with van der Waals surface area (Å²) >= 11 is 3.06. The fraction of sp³-hybridized carbons (Fsp3) is 0.143. The Balaban J connectivity index is 2.47. The molecule has 2 aromatic rings. The Bertz CT molecular complexity index is 564. The van der Waals surface area contributed by atoms with Crippen LogP contribution in [0.25, 0.3) is 0 Å². The Morgan fingerprint density at radius 3 is 2.56 bits per heavy atom. The molecule has 18 heavy (non-hydrogen) atoms. The molecule has 0 bridgehead atoms. The van der Waals surface area contributed by atoms with Crippen molar-refractivity contribution in [3.05, 3.63) is 69.2 Å². The summed E-state index contributed by atoms with van der Waals surface area (Å²) in [5, 5.41) is 10.1. The number of aryl methyl sites for hydroxylation is 1. The molecule has 94 valence electrons. The lowest BCUT2D eigenvalue weighted by Crippen LogP contribution is -2.04. The number of benzene rings is 2. The van der Waals surface area contributed by atoms with E-state index in [9.17, 15) is 13.9 Å². The first kappa shape index (κ1) is 13.2. The fourth-order valence-electron chi connectivity index (χ4n) is 1.83. The lowest BCUT2D eigenvalue weighted by Gasteiger charge is -2.14. The van der Waals surface area contributed by atoms with E-state index >= 15 is 0 Å². The van der Waals surface area contributed by atoms with Crippen molar-refractivity contribution in [3.63, 3.8) is 0 Å². The Hall–Kier alpha value is -1.26. The van der Waals surface area contributed by atoms with Gasteiger partial charge in [-0.25, -0.2) is 8.78 Å². The Morgan fingerprint density at radius 1 is 1.17 bits per heavy atom. The highest BCUT2D eigenvalue weighted by atomic mass is 79.9. The Morgan fingerprint density at radius 2 is 1.89 bits per heavy atom. The molecule has 0 aliphatic heterocycles.